The molecule has 4 nitrogen and oxygen atoms in total. The van der Waals surface area contributed by atoms with E-state index in [1.807, 2.05) is 11.8 Å². The monoisotopic (exact) mass is 358 g/mol. The number of hydrogen-bond acceptors (Lipinski definition) is 3. The third-order valence-corrected chi connectivity index (χ3v) is 4.46. The molecule has 1 aliphatic rings. The van der Waals surface area contributed by atoms with Crippen molar-refractivity contribution in [3.8, 4) is 0 Å². The van der Waals surface area contributed by atoms with E-state index in [0.29, 0.717) is 13.1 Å². The summed E-state index contributed by atoms with van der Waals surface area (Å²) in [5.74, 6) is -0.117. The third-order valence-electron chi connectivity index (χ3n) is 4.46. The van der Waals surface area contributed by atoms with Gasteiger partial charge in [-0.25, -0.2) is 0 Å². The number of β-amino-alcohol motifs (C(OH)–C–C–N with tert-alkyl or cyclic N) is 1. The molecule has 0 spiro atoms. The van der Waals surface area contributed by atoms with Crippen LogP contribution in [0, 0.1) is 5.92 Å². The Kier molecular flexibility index (Phi) is 6.84. The number of piperidine rings is 1. The van der Waals surface area contributed by atoms with Crippen molar-refractivity contribution in [3.63, 3.8) is 0 Å². The second kappa shape index (κ2) is 8.67. The quantitative estimate of drug-likeness (QED) is 0.822. The molecule has 1 heterocycles. The fourth-order valence-corrected chi connectivity index (χ4v) is 3.10. The molecule has 140 valence electrons. The van der Waals surface area contributed by atoms with Crippen LogP contribution in [0.1, 0.15) is 43.4 Å². The first-order valence-corrected chi connectivity index (χ1v) is 8.66. The molecule has 7 heteroatoms. The number of amides is 1. The van der Waals surface area contributed by atoms with Crippen molar-refractivity contribution in [2.45, 2.75) is 38.5 Å². The Morgan fingerprint density at radius 1 is 1.44 bits per heavy atom. The van der Waals surface area contributed by atoms with Crippen LogP contribution in [0.15, 0.2) is 24.3 Å². The van der Waals surface area contributed by atoms with Crippen LogP contribution in [0.5, 0.6) is 0 Å². The number of aliphatic hydroxyl groups excluding tert-OH is 1. The molecular weight excluding hydrogens is 333 g/mol. The Bertz CT molecular complexity index is 578. The SMILES string of the molecule is CCCNC(=O)[C@@H]1CCCN(C[C@H](O)c2cccc(C(F)(F)F)c2)C1. The van der Waals surface area contributed by atoms with Gasteiger partial charge in [-0.05, 0) is 43.5 Å². The second-order valence-corrected chi connectivity index (χ2v) is 6.53. The highest BCUT2D eigenvalue weighted by molar-refractivity contribution is 5.78. The van der Waals surface area contributed by atoms with E-state index < -0.39 is 17.8 Å². The van der Waals surface area contributed by atoms with Crippen LogP contribution >= 0.6 is 0 Å². The molecule has 0 bridgehead atoms. The lowest BCUT2D eigenvalue weighted by molar-refractivity contribution is -0.137. The molecule has 2 atom stereocenters. The Hall–Kier alpha value is -1.60. The fourth-order valence-electron chi connectivity index (χ4n) is 3.10. The molecule has 1 aliphatic heterocycles. The van der Waals surface area contributed by atoms with Crippen LogP contribution in [0.25, 0.3) is 0 Å². The summed E-state index contributed by atoms with van der Waals surface area (Å²) in [6.45, 7) is 4.10. The van der Waals surface area contributed by atoms with Crippen molar-refractivity contribution in [1.82, 2.24) is 10.2 Å². The van der Waals surface area contributed by atoms with E-state index in [-0.39, 0.29) is 23.9 Å². The molecule has 0 unspecified atom stereocenters. The van der Waals surface area contributed by atoms with Gasteiger partial charge in [-0.15, -0.1) is 0 Å². The number of aliphatic hydroxyl groups is 1. The maximum absolute atomic E-state index is 12.8. The fraction of sp³-hybridized carbons (Fsp3) is 0.611. The Morgan fingerprint density at radius 2 is 2.20 bits per heavy atom. The molecule has 2 N–H and O–H groups in total. The molecule has 1 amide bonds. The Labute approximate surface area is 146 Å². The number of nitrogens with one attached hydrogen (secondary N) is 1. The van der Waals surface area contributed by atoms with Gasteiger partial charge in [0.1, 0.15) is 0 Å². The van der Waals surface area contributed by atoms with Gasteiger partial charge in [-0.3, -0.25) is 9.69 Å². The summed E-state index contributed by atoms with van der Waals surface area (Å²) in [5, 5.41) is 13.2. The first-order chi connectivity index (χ1) is 11.8. The highest BCUT2D eigenvalue weighted by Gasteiger charge is 2.31. The molecule has 1 aromatic rings. The number of carbonyl (C=O) groups excluding carboxylic acids is 1. The highest BCUT2D eigenvalue weighted by Crippen LogP contribution is 2.31. The van der Waals surface area contributed by atoms with Crippen molar-refractivity contribution in [2.75, 3.05) is 26.2 Å². The van der Waals surface area contributed by atoms with Gasteiger partial charge < -0.3 is 10.4 Å². The highest BCUT2D eigenvalue weighted by atomic mass is 19.4. The minimum atomic E-state index is -4.43. The standard InChI is InChI=1S/C18H25F3N2O2/c1-2-8-22-17(25)14-6-4-9-23(11-14)12-16(24)13-5-3-7-15(10-13)18(19,20)21/h3,5,7,10,14,16,24H,2,4,6,8-9,11-12H2,1H3,(H,22,25)/t14-,16+/m1/s1. The third kappa shape index (κ3) is 5.71. The maximum atomic E-state index is 12.8. The lowest BCUT2D eigenvalue weighted by atomic mass is 9.96. The van der Waals surface area contributed by atoms with Crippen molar-refractivity contribution < 1.29 is 23.1 Å². The molecule has 0 aliphatic carbocycles. The van der Waals surface area contributed by atoms with Gasteiger partial charge >= 0.3 is 6.18 Å². The summed E-state index contributed by atoms with van der Waals surface area (Å²) in [5.41, 5.74) is -0.521. The van der Waals surface area contributed by atoms with Gasteiger partial charge in [0.25, 0.3) is 0 Å². The van der Waals surface area contributed by atoms with Crippen molar-refractivity contribution in [3.05, 3.63) is 35.4 Å². The van der Waals surface area contributed by atoms with E-state index in [1.165, 1.54) is 12.1 Å². The number of likely N-dealkylation sites (tertiary alicyclic amines) is 1. The molecule has 0 radical (unpaired) electrons. The zero-order valence-corrected chi connectivity index (χ0v) is 14.4. The van der Waals surface area contributed by atoms with Crippen LogP contribution in [0.4, 0.5) is 13.2 Å². The normalized spacial score (nSPS) is 20.3. The van der Waals surface area contributed by atoms with Crippen LogP contribution in [-0.2, 0) is 11.0 Å². The van der Waals surface area contributed by atoms with E-state index in [4.69, 9.17) is 0 Å². The maximum Gasteiger partial charge on any atom is 0.416 e. The number of alkyl halides is 3. The molecule has 0 saturated carbocycles. The topological polar surface area (TPSA) is 52.6 Å². The Morgan fingerprint density at radius 3 is 2.88 bits per heavy atom. The summed E-state index contributed by atoms with van der Waals surface area (Å²) in [4.78, 5) is 14.0. The molecular formula is C18H25F3N2O2. The van der Waals surface area contributed by atoms with E-state index in [9.17, 15) is 23.1 Å². The van der Waals surface area contributed by atoms with Gasteiger partial charge in [0.15, 0.2) is 0 Å². The second-order valence-electron chi connectivity index (χ2n) is 6.53. The molecule has 0 aromatic heterocycles. The van der Waals surface area contributed by atoms with E-state index in [2.05, 4.69) is 5.32 Å². The number of rotatable bonds is 6. The van der Waals surface area contributed by atoms with Gasteiger partial charge in [0.2, 0.25) is 5.91 Å². The van der Waals surface area contributed by atoms with Crippen LogP contribution in [0.3, 0.4) is 0 Å². The van der Waals surface area contributed by atoms with Gasteiger partial charge in [-0.1, -0.05) is 19.1 Å². The van der Waals surface area contributed by atoms with Gasteiger partial charge in [0.05, 0.1) is 17.6 Å². The summed E-state index contributed by atoms with van der Waals surface area (Å²) in [6, 6.07) is 4.78. The van der Waals surface area contributed by atoms with E-state index in [1.54, 1.807) is 0 Å². The minimum absolute atomic E-state index is 0.0140. The molecule has 25 heavy (non-hydrogen) atoms. The zero-order chi connectivity index (χ0) is 18.4. The van der Waals surface area contributed by atoms with E-state index >= 15 is 0 Å². The van der Waals surface area contributed by atoms with Crippen molar-refractivity contribution in [2.24, 2.45) is 5.92 Å². The van der Waals surface area contributed by atoms with Crippen LogP contribution in [-0.4, -0.2) is 42.1 Å². The predicted octanol–water partition coefficient (Wildman–Crippen LogP) is 2.98. The van der Waals surface area contributed by atoms with Crippen LogP contribution in [0.2, 0.25) is 0 Å². The first kappa shape index (κ1) is 19.7. The first-order valence-electron chi connectivity index (χ1n) is 8.66. The average molecular weight is 358 g/mol. The largest absolute Gasteiger partial charge is 0.416 e. The minimum Gasteiger partial charge on any atom is -0.387 e. The summed E-state index contributed by atoms with van der Waals surface area (Å²) >= 11 is 0. The van der Waals surface area contributed by atoms with Crippen LogP contribution < -0.4 is 5.32 Å². The molecule has 1 saturated heterocycles. The molecule has 2 rings (SSSR count). The average Bonchev–Trinajstić information content (AvgIpc) is 2.59. The number of benzene rings is 1. The molecule has 1 fully saturated rings. The van der Waals surface area contributed by atoms with Gasteiger partial charge in [0, 0.05) is 19.6 Å². The molecule has 1 aromatic carbocycles. The summed E-state index contributed by atoms with van der Waals surface area (Å²) in [7, 11) is 0. The van der Waals surface area contributed by atoms with Crippen molar-refractivity contribution >= 4 is 5.91 Å². The lowest BCUT2D eigenvalue weighted by Gasteiger charge is -2.33. The van der Waals surface area contributed by atoms with Gasteiger partial charge in [-0.2, -0.15) is 13.2 Å². The number of carbonyl (C=O) groups is 1. The predicted molar refractivity (Wildman–Crippen MR) is 88.9 cm³/mol. The van der Waals surface area contributed by atoms with Crippen molar-refractivity contribution in [1.29, 1.82) is 0 Å². The summed E-state index contributed by atoms with van der Waals surface area (Å²) < 4.78 is 38.4. The number of nitrogens with zero attached hydrogens (tertiary/aromatic N) is 1. The number of hydrogen-bond donors (Lipinski definition) is 2. The zero-order valence-electron chi connectivity index (χ0n) is 14.4. The summed E-state index contributed by atoms with van der Waals surface area (Å²) in [6.07, 6.45) is -2.94. The lowest BCUT2D eigenvalue weighted by Crippen LogP contribution is -2.44. The Balaban J connectivity index is 1.96. The number of halogens is 3. The smallest absolute Gasteiger partial charge is 0.387 e. The van der Waals surface area contributed by atoms with E-state index in [0.717, 1.165) is 37.9 Å².